The van der Waals surface area contributed by atoms with Crippen molar-refractivity contribution < 1.29 is 9.59 Å². The standard InChI is InChI=1S/C18H25N3O3/c1-4-20-5-7-21(8-6-20)17(24)13-9-12-14(19-16(13)23)10-18(2,3)11-15(12)22/h9H,4-8,10-11H2,1-3H3,(H,19,23). The van der Waals surface area contributed by atoms with Gasteiger partial charge in [-0.2, -0.15) is 0 Å². The number of nitrogens with zero attached hydrogens (tertiary/aromatic N) is 2. The lowest BCUT2D eigenvalue weighted by molar-refractivity contribution is 0.0641. The Bertz CT molecular complexity index is 728. The van der Waals surface area contributed by atoms with E-state index in [1.165, 1.54) is 6.07 Å². The van der Waals surface area contributed by atoms with Crippen LogP contribution < -0.4 is 5.56 Å². The van der Waals surface area contributed by atoms with Gasteiger partial charge in [-0.15, -0.1) is 0 Å². The number of nitrogens with one attached hydrogen (secondary N) is 1. The van der Waals surface area contributed by atoms with Crippen LogP contribution in [0.1, 0.15) is 53.6 Å². The Morgan fingerprint density at radius 1 is 1.17 bits per heavy atom. The molecule has 1 amide bonds. The minimum atomic E-state index is -0.387. The summed E-state index contributed by atoms with van der Waals surface area (Å²) in [7, 11) is 0. The molecule has 0 unspecified atom stereocenters. The maximum atomic E-state index is 12.7. The fourth-order valence-corrected chi connectivity index (χ4v) is 3.62. The molecule has 0 atom stereocenters. The first-order chi connectivity index (χ1) is 11.3. The normalized spacial score (nSPS) is 20.8. The zero-order chi connectivity index (χ0) is 17.5. The number of carbonyl (C=O) groups is 2. The average molecular weight is 331 g/mol. The summed E-state index contributed by atoms with van der Waals surface area (Å²) in [6, 6.07) is 1.51. The lowest BCUT2D eigenvalue weighted by atomic mass is 9.75. The summed E-state index contributed by atoms with van der Waals surface area (Å²) in [5.74, 6) is -0.269. The van der Waals surface area contributed by atoms with Crippen LogP contribution in [-0.2, 0) is 6.42 Å². The predicted octanol–water partition coefficient (Wildman–Crippen LogP) is 1.31. The number of rotatable bonds is 2. The van der Waals surface area contributed by atoms with Gasteiger partial charge in [0.2, 0.25) is 0 Å². The molecule has 2 aliphatic rings. The number of hydrogen-bond donors (Lipinski definition) is 1. The van der Waals surface area contributed by atoms with Gasteiger partial charge in [0.1, 0.15) is 5.56 Å². The minimum absolute atomic E-state index is 0.00218. The summed E-state index contributed by atoms with van der Waals surface area (Å²) in [5.41, 5.74) is 0.710. The van der Waals surface area contributed by atoms with E-state index in [1.807, 2.05) is 13.8 Å². The molecule has 1 aromatic heterocycles. The number of fused-ring (bicyclic) bond motifs is 1. The van der Waals surface area contributed by atoms with E-state index >= 15 is 0 Å². The Labute approximate surface area is 141 Å². The number of amides is 1. The molecule has 1 saturated heterocycles. The van der Waals surface area contributed by atoms with Gasteiger partial charge in [0.25, 0.3) is 11.5 Å². The highest BCUT2D eigenvalue weighted by Gasteiger charge is 2.33. The average Bonchev–Trinajstić information content (AvgIpc) is 2.52. The van der Waals surface area contributed by atoms with Crippen LogP contribution >= 0.6 is 0 Å². The summed E-state index contributed by atoms with van der Waals surface area (Å²) in [4.78, 5) is 44.3. The van der Waals surface area contributed by atoms with E-state index in [1.54, 1.807) is 4.90 Å². The quantitative estimate of drug-likeness (QED) is 0.887. The molecule has 0 bridgehead atoms. The number of carbonyl (C=O) groups excluding carboxylic acids is 2. The summed E-state index contributed by atoms with van der Waals surface area (Å²) in [5, 5.41) is 0. The number of aromatic nitrogens is 1. The number of piperazine rings is 1. The molecule has 6 heteroatoms. The maximum Gasteiger partial charge on any atom is 0.261 e. The molecule has 0 aromatic carbocycles. The highest BCUT2D eigenvalue weighted by Crippen LogP contribution is 2.33. The zero-order valence-corrected chi connectivity index (χ0v) is 14.6. The van der Waals surface area contributed by atoms with Gasteiger partial charge in [-0.25, -0.2) is 0 Å². The van der Waals surface area contributed by atoms with Crippen molar-refractivity contribution >= 4 is 11.7 Å². The molecule has 2 heterocycles. The SMILES string of the molecule is CCN1CCN(C(=O)c2cc3c([nH]c2=O)CC(C)(C)CC3=O)CC1. The van der Waals surface area contributed by atoms with Crippen molar-refractivity contribution in [2.45, 2.75) is 33.6 Å². The molecule has 1 aliphatic heterocycles. The van der Waals surface area contributed by atoms with Gasteiger partial charge >= 0.3 is 0 Å². The monoisotopic (exact) mass is 331 g/mol. The van der Waals surface area contributed by atoms with E-state index in [0.29, 0.717) is 37.2 Å². The molecular formula is C18H25N3O3. The lowest BCUT2D eigenvalue weighted by Crippen LogP contribution is -2.49. The van der Waals surface area contributed by atoms with Crippen LogP contribution in [0.2, 0.25) is 0 Å². The molecule has 3 rings (SSSR count). The number of hydrogen-bond acceptors (Lipinski definition) is 4. The van der Waals surface area contributed by atoms with Crippen LogP contribution in [0, 0.1) is 5.41 Å². The number of Topliss-reactive ketones (excluding diaryl/α,β-unsaturated/α-hetero) is 1. The summed E-state index contributed by atoms with van der Waals surface area (Å²) < 4.78 is 0. The van der Waals surface area contributed by atoms with E-state index in [2.05, 4.69) is 16.8 Å². The van der Waals surface area contributed by atoms with Crippen molar-refractivity contribution in [3.8, 4) is 0 Å². The third-order valence-corrected chi connectivity index (χ3v) is 5.05. The van der Waals surface area contributed by atoms with E-state index in [4.69, 9.17) is 0 Å². The third-order valence-electron chi connectivity index (χ3n) is 5.05. The molecule has 1 aromatic rings. The van der Waals surface area contributed by atoms with E-state index < -0.39 is 0 Å². The van der Waals surface area contributed by atoms with Crippen molar-refractivity contribution in [3.63, 3.8) is 0 Å². The number of aromatic amines is 1. The number of pyridine rings is 1. The molecule has 0 spiro atoms. The number of likely N-dealkylation sites (N-methyl/N-ethyl adjacent to an activating group) is 1. The molecule has 24 heavy (non-hydrogen) atoms. The van der Waals surface area contributed by atoms with Crippen LogP contribution in [0.3, 0.4) is 0 Å². The van der Waals surface area contributed by atoms with Crippen molar-refractivity contribution in [2.75, 3.05) is 32.7 Å². The van der Waals surface area contributed by atoms with Crippen LogP contribution in [0.25, 0.3) is 0 Å². The van der Waals surface area contributed by atoms with E-state index in [9.17, 15) is 14.4 Å². The van der Waals surface area contributed by atoms with Gasteiger partial charge in [-0.1, -0.05) is 20.8 Å². The summed E-state index contributed by atoms with van der Waals surface area (Å²) >= 11 is 0. The topological polar surface area (TPSA) is 73.5 Å². The van der Waals surface area contributed by atoms with Gasteiger partial charge in [0.05, 0.1) is 0 Å². The predicted molar refractivity (Wildman–Crippen MR) is 91.5 cm³/mol. The summed E-state index contributed by atoms with van der Waals surface area (Å²) in [6.07, 6.45) is 1.09. The van der Waals surface area contributed by atoms with Crippen LogP contribution in [0.4, 0.5) is 0 Å². The van der Waals surface area contributed by atoms with Crippen LogP contribution in [0.5, 0.6) is 0 Å². The highest BCUT2D eigenvalue weighted by molar-refractivity contribution is 6.02. The van der Waals surface area contributed by atoms with E-state index in [-0.39, 0.29) is 28.2 Å². The van der Waals surface area contributed by atoms with E-state index in [0.717, 1.165) is 19.6 Å². The first kappa shape index (κ1) is 16.9. The van der Waals surface area contributed by atoms with Gasteiger partial charge in [-0.05, 0) is 24.4 Å². The van der Waals surface area contributed by atoms with Crippen molar-refractivity contribution in [3.05, 3.63) is 33.2 Å². The first-order valence-electron chi connectivity index (χ1n) is 8.62. The van der Waals surface area contributed by atoms with Gasteiger partial charge in [0, 0.05) is 43.9 Å². The second kappa shape index (κ2) is 6.16. The fourth-order valence-electron chi connectivity index (χ4n) is 3.62. The van der Waals surface area contributed by atoms with Crippen LogP contribution in [-0.4, -0.2) is 59.2 Å². The lowest BCUT2D eigenvalue weighted by Gasteiger charge is -2.34. The second-order valence-corrected chi connectivity index (χ2v) is 7.57. The number of ketones is 1. The maximum absolute atomic E-state index is 12.7. The minimum Gasteiger partial charge on any atom is -0.336 e. The Kier molecular flexibility index (Phi) is 4.34. The smallest absolute Gasteiger partial charge is 0.261 e. The second-order valence-electron chi connectivity index (χ2n) is 7.57. The number of H-pyrrole nitrogens is 1. The molecule has 130 valence electrons. The molecule has 1 N–H and O–H groups in total. The molecule has 1 aliphatic carbocycles. The molecule has 6 nitrogen and oxygen atoms in total. The molecule has 0 saturated carbocycles. The Morgan fingerprint density at radius 2 is 1.83 bits per heavy atom. The van der Waals surface area contributed by atoms with Gasteiger partial charge in [-0.3, -0.25) is 14.4 Å². The molecular weight excluding hydrogens is 306 g/mol. The largest absolute Gasteiger partial charge is 0.336 e. The molecule has 1 fully saturated rings. The highest BCUT2D eigenvalue weighted by atomic mass is 16.2. The van der Waals surface area contributed by atoms with Crippen LogP contribution in [0.15, 0.2) is 10.9 Å². The van der Waals surface area contributed by atoms with Crippen molar-refractivity contribution in [1.82, 2.24) is 14.8 Å². The van der Waals surface area contributed by atoms with Gasteiger partial charge in [0.15, 0.2) is 5.78 Å². The summed E-state index contributed by atoms with van der Waals surface area (Å²) in [6.45, 7) is 9.95. The van der Waals surface area contributed by atoms with Crippen molar-refractivity contribution in [1.29, 1.82) is 0 Å². The van der Waals surface area contributed by atoms with Crippen molar-refractivity contribution in [2.24, 2.45) is 5.41 Å². The Morgan fingerprint density at radius 3 is 2.46 bits per heavy atom. The van der Waals surface area contributed by atoms with Gasteiger partial charge < -0.3 is 14.8 Å². The zero-order valence-electron chi connectivity index (χ0n) is 14.6. The molecule has 0 radical (unpaired) electrons. The fraction of sp³-hybridized carbons (Fsp3) is 0.611. The third kappa shape index (κ3) is 3.15. The first-order valence-corrected chi connectivity index (χ1v) is 8.62. The Hall–Kier alpha value is -1.95. The Balaban J connectivity index is 1.88.